The maximum absolute atomic E-state index is 13.0. The molecule has 29 heavy (non-hydrogen) atoms. The first-order valence-corrected chi connectivity index (χ1v) is 10.6. The molecule has 2 amide bonds. The Morgan fingerprint density at radius 1 is 1.17 bits per heavy atom. The maximum atomic E-state index is 13.0. The molecule has 2 atom stereocenters. The fraction of sp³-hybridized carbons (Fsp3) is 0.609. The average molecular weight is 398 g/mol. The average Bonchev–Trinajstić information content (AvgIpc) is 2.73. The molecule has 2 fully saturated rings. The van der Waals surface area contributed by atoms with E-state index in [0.717, 1.165) is 56.9 Å². The number of nitrogens with zero attached hydrogens (tertiary/aromatic N) is 1. The van der Waals surface area contributed by atoms with Gasteiger partial charge in [0.2, 0.25) is 11.8 Å². The van der Waals surface area contributed by atoms with Crippen molar-refractivity contribution >= 4 is 17.6 Å². The molecule has 156 valence electrons. The van der Waals surface area contributed by atoms with E-state index in [1.165, 1.54) is 13.3 Å². The smallest absolute Gasteiger partial charge is 0.224 e. The first kappa shape index (κ1) is 21.3. The molecule has 6 heteroatoms. The van der Waals surface area contributed by atoms with E-state index in [0.29, 0.717) is 5.82 Å². The summed E-state index contributed by atoms with van der Waals surface area (Å²) in [5.74, 6) is 7.04. The van der Waals surface area contributed by atoms with Gasteiger partial charge in [-0.1, -0.05) is 37.5 Å². The highest BCUT2D eigenvalue weighted by Gasteiger charge is 2.35. The lowest BCUT2D eigenvalue weighted by Crippen LogP contribution is -2.51. The number of carbonyl (C=O) groups is 2. The van der Waals surface area contributed by atoms with Crippen LogP contribution in [0.25, 0.3) is 0 Å². The SMILES string of the molecule is COC1CCCC(C(=O)NC2(C#Cc3ccc(NC(C)=O)nc3)CCCCC2)C1. The summed E-state index contributed by atoms with van der Waals surface area (Å²) in [5, 5.41) is 5.96. The molecule has 0 aliphatic heterocycles. The Bertz CT molecular complexity index is 773. The summed E-state index contributed by atoms with van der Waals surface area (Å²) < 4.78 is 5.48. The third-order valence-corrected chi connectivity index (χ3v) is 5.91. The third-order valence-electron chi connectivity index (χ3n) is 5.91. The fourth-order valence-corrected chi connectivity index (χ4v) is 4.29. The molecule has 1 aromatic rings. The van der Waals surface area contributed by atoms with Gasteiger partial charge in [0.1, 0.15) is 11.4 Å². The number of nitrogens with one attached hydrogen (secondary N) is 2. The number of anilines is 1. The molecule has 3 rings (SSSR count). The van der Waals surface area contributed by atoms with Crippen LogP contribution in [0, 0.1) is 17.8 Å². The van der Waals surface area contributed by atoms with Crippen molar-refractivity contribution in [2.24, 2.45) is 5.92 Å². The van der Waals surface area contributed by atoms with Crippen LogP contribution >= 0.6 is 0 Å². The first-order chi connectivity index (χ1) is 14.0. The molecule has 2 aliphatic rings. The molecule has 6 nitrogen and oxygen atoms in total. The van der Waals surface area contributed by atoms with Crippen LogP contribution in [0.3, 0.4) is 0 Å². The van der Waals surface area contributed by atoms with Gasteiger partial charge in [-0.25, -0.2) is 4.98 Å². The van der Waals surface area contributed by atoms with Crippen LogP contribution in [-0.2, 0) is 14.3 Å². The Morgan fingerprint density at radius 3 is 2.62 bits per heavy atom. The van der Waals surface area contributed by atoms with E-state index < -0.39 is 5.54 Å². The Hall–Kier alpha value is -2.39. The number of rotatable bonds is 4. The van der Waals surface area contributed by atoms with Crippen molar-refractivity contribution in [3.63, 3.8) is 0 Å². The summed E-state index contributed by atoms with van der Waals surface area (Å²) in [6, 6.07) is 3.58. The van der Waals surface area contributed by atoms with E-state index in [9.17, 15) is 9.59 Å². The summed E-state index contributed by atoms with van der Waals surface area (Å²) >= 11 is 0. The lowest BCUT2D eigenvalue weighted by Gasteiger charge is -2.36. The van der Waals surface area contributed by atoms with Crippen LogP contribution in [0.1, 0.15) is 70.3 Å². The second kappa shape index (κ2) is 9.89. The first-order valence-electron chi connectivity index (χ1n) is 10.6. The number of pyridine rings is 1. The molecule has 2 N–H and O–H groups in total. The third kappa shape index (κ3) is 6.04. The number of hydrogen-bond acceptors (Lipinski definition) is 4. The molecule has 0 bridgehead atoms. The summed E-state index contributed by atoms with van der Waals surface area (Å²) in [6.07, 6.45) is 10.7. The number of methoxy groups -OCH3 is 1. The second-order valence-corrected chi connectivity index (χ2v) is 8.22. The van der Waals surface area contributed by atoms with Crippen LogP contribution < -0.4 is 10.6 Å². The van der Waals surface area contributed by atoms with Crippen LogP contribution in [0.4, 0.5) is 5.82 Å². The molecule has 1 aromatic heterocycles. The van der Waals surface area contributed by atoms with Crippen molar-refractivity contribution < 1.29 is 14.3 Å². The monoisotopic (exact) mass is 397 g/mol. The van der Waals surface area contributed by atoms with E-state index in [4.69, 9.17) is 4.74 Å². The van der Waals surface area contributed by atoms with Crippen molar-refractivity contribution in [1.82, 2.24) is 10.3 Å². The normalized spacial score (nSPS) is 23.4. The van der Waals surface area contributed by atoms with Crippen molar-refractivity contribution in [3.05, 3.63) is 23.9 Å². The minimum absolute atomic E-state index is 0.00732. The molecular weight excluding hydrogens is 366 g/mol. The molecule has 0 spiro atoms. The topological polar surface area (TPSA) is 80.3 Å². The van der Waals surface area contributed by atoms with Gasteiger partial charge in [-0.15, -0.1) is 0 Å². The van der Waals surface area contributed by atoms with E-state index in [2.05, 4.69) is 27.5 Å². The molecule has 0 saturated heterocycles. The Labute approximate surface area is 173 Å². The number of aromatic nitrogens is 1. The zero-order valence-corrected chi connectivity index (χ0v) is 17.4. The number of ether oxygens (including phenoxy) is 1. The van der Waals surface area contributed by atoms with Crippen LogP contribution in [0.5, 0.6) is 0 Å². The van der Waals surface area contributed by atoms with Gasteiger partial charge in [-0.3, -0.25) is 9.59 Å². The highest BCUT2D eigenvalue weighted by Crippen LogP contribution is 2.31. The summed E-state index contributed by atoms with van der Waals surface area (Å²) in [4.78, 5) is 28.3. The minimum Gasteiger partial charge on any atom is -0.381 e. The quantitative estimate of drug-likeness (QED) is 0.763. The second-order valence-electron chi connectivity index (χ2n) is 8.22. The zero-order valence-electron chi connectivity index (χ0n) is 17.4. The molecule has 2 unspecified atom stereocenters. The van der Waals surface area contributed by atoms with Crippen molar-refractivity contribution in [2.75, 3.05) is 12.4 Å². The predicted octanol–water partition coefficient (Wildman–Crippen LogP) is 3.42. The lowest BCUT2D eigenvalue weighted by molar-refractivity contribution is -0.129. The van der Waals surface area contributed by atoms with Crippen molar-refractivity contribution in [1.29, 1.82) is 0 Å². The van der Waals surface area contributed by atoms with Crippen LogP contribution in [-0.4, -0.2) is 35.6 Å². The number of amides is 2. The molecule has 2 saturated carbocycles. The molecule has 0 aromatic carbocycles. The fourth-order valence-electron chi connectivity index (χ4n) is 4.29. The summed E-state index contributed by atoms with van der Waals surface area (Å²) in [7, 11) is 1.73. The zero-order chi connectivity index (χ0) is 20.7. The summed E-state index contributed by atoms with van der Waals surface area (Å²) in [6.45, 7) is 1.45. The Balaban J connectivity index is 1.71. The predicted molar refractivity (Wildman–Crippen MR) is 112 cm³/mol. The van der Waals surface area contributed by atoms with Gasteiger partial charge < -0.3 is 15.4 Å². The van der Waals surface area contributed by atoms with Crippen molar-refractivity contribution in [2.45, 2.75) is 76.4 Å². The number of hydrogen-bond donors (Lipinski definition) is 2. The van der Waals surface area contributed by atoms with Crippen LogP contribution in [0.2, 0.25) is 0 Å². The van der Waals surface area contributed by atoms with Gasteiger partial charge >= 0.3 is 0 Å². The molecule has 1 heterocycles. The highest BCUT2D eigenvalue weighted by molar-refractivity contribution is 5.87. The lowest BCUT2D eigenvalue weighted by atomic mass is 9.80. The van der Waals surface area contributed by atoms with Gasteiger partial charge in [0.25, 0.3) is 0 Å². The van der Waals surface area contributed by atoms with E-state index in [-0.39, 0.29) is 23.8 Å². The van der Waals surface area contributed by atoms with Gasteiger partial charge in [0.05, 0.1) is 6.10 Å². The minimum atomic E-state index is -0.467. The highest BCUT2D eigenvalue weighted by atomic mass is 16.5. The molecule has 2 aliphatic carbocycles. The standard InChI is InChI=1S/C23H31N3O3/c1-17(27)25-21-10-9-18(16-24-21)11-14-23(12-4-3-5-13-23)26-22(28)19-7-6-8-20(15-19)29-2/h9-10,16,19-20H,3-8,12-13,15H2,1-2H3,(H,26,28)(H,24,25,27). The van der Waals surface area contributed by atoms with Gasteiger partial charge in [-0.2, -0.15) is 0 Å². The maximum Gasteiger partial charge on any atom is 0.224 e. The molecule has 0 radical (unpaired) electrons. The summed E-state index contributed by atoms with van der Waals surface area (Å²) in [5.41, 5.74) is 0.307. The van der Waals surface area contributed by atoms with Gasteiger partial charge in [0, 0.05) is 31.7 Å². The number of carbonyl (C=O) groups excluding carboxylic acids is 2. The van der Waals surface area contributed by atoms with Crippen molar-refractivity contribution in [3.8, 4) is 11.8 Å². The van der Waals surface area contributed by atoms with Crippen LogP contribution in [0.15, 0.2) is 18.3 Å². The Kier molecular flexibility index (Phi) is 7.27. The van der Waals surface area contributed by atoms with Gasteiger partial charge in [0.15, 0.2) is 0 Å². The molecular formula is C23H31N3O3. The van der Waals surface area contributed by atoms with E-state index in [1.807, 2.05) is 6.07 Å². The van der Waals surface area contributed by atoms with E-state index >= 15 is 0 Å². The van der Waals surface area contributed by atoms with E-state index in [1.54, 1.807) is 19.4 Å². The largest absolute Gasteiger partial charge is 0.381 e. The van der Waals surface area contributed by atoms with Gasteiger partial charge in [-0.05, 0) is 44.2 Å². The Morgan fingerprint density at radius 2 is 1.97 bits per heavy atom.